The molecule has 1 saturated heterocycles. The number of aryl methyl sites for hydroxylation is 1. The maximum absolute atomic E-state index is 14.3. The molecule has 8 nitrogen and oxygen atoms in total. The Morgan fingerprint density at radius 2 is 1.37 bits per heavy atom. The van der Waals surface area contributed by atoms with Crippen molar-refractivity contribution in [2.45, 2.75) is 38.2 Å². The Morgan fingerprint density at radius 3 is 1.96 bits per heavy atom. The number of nitrogens with zero attached hydrogens (tertiary/aromatic N) is 2. The van der Waals surface area contributed by atoms with Gasteiger partial charge in [-0.05, 0) is 83.5 Å². The molecule has 3 aliphatic rings. The first-order valence-corrected chi connectivity index (χ1v) is 17.7. The zero-order valence-corrected chi connectivity index (χ0v) is 29.2. The predicted octanol–water partition coefficient (Wildman–Crippen LogP) is 8.13. The van der Waals surface area contributed by atoms with Gasteiger partial charge in [0.15, 0.2) is 11.5 Å². The highest BCUT2D eigenvalue weighted by Gasteiger charge is 2.40. The molecule has 4 amide bonds. The van der Waals surface area contributed by atoms with Gasteiger partial charge in [0.1, 0.15) is 12.2 Å². The molecule has 0 saturated carbocycles. The van der Waals surface area contributed by atoms with Crippen molar-refractivity contribution in [3.05, 3.63) is 160 Å². The molecule has 0 unspecified atom stereocenters. The van der Waals surface area contributed by atoms with Gasteiger partial charge in [-0.3, -0.25) is 14.9 Å². The molecule has 3 heterocycles. The smallest absolute Gasteiger partial charge is 0.335 e. The molecular weight excluding hydrogens is 651 g/mol. The van der Waals surface area contributed by atoms with Crippen molar-refractivity contribution in [2.24, 2.45) is 0 Å². The molecule has 0 aliphatic carbocycles. The van der Waals surface area contributed by atoms with Gasteiger partial charge < -0.3 is 14.4 Å². The van der Waals surface area contributed by atoms with Gasteiger partial charge in [0.2, 0.25) is 0 Å². The number of barbiturate groups is 1. The lowest BCUT2D eigenvalue weighted by Crippen LogP contribution is -2.54. The van der Waals surface area contributed by atoms with E-state index < -0.39 is 17.8 Å². The normalized spacial score (nSPS) is 19.0. The van der Waals surface area contributed by atoms with Crippen LogP contribution >= 0.6 is 0 Å². The summed E-state index contributed by atoms with van der Waals surface area (Å²) >= 11 is 0. The highest BCUT2D eigenvalue weighted by atomic mass is 16.5. The van der Waals surface area contributed by atoms with E-state index in [1.54, 1.807) is 25.3 Å². The first kappa shape index (κ1) is 33.0. The van der Waals surface area contributed by atoms with Crippen molar-refractivity contribution in [1.29, 1.82) is 0 Å². The van der Waals surface area contributed by atoms with Crippen LogP contribution in [0.4, 0.5) is 16.2 Å². The Balaban J connectivity index is 1.17. The van der Waals surface area contributed by atoms with Crippen LogP contribution in [0, 0.1) is 6.92 Å². The number of ether oxygens (including phenoxy) is 2. The number of imide groups is 2. The number of carbonyl (C=O) groups is 3. The van der Waals surface area contributed by atoms with E-state index in [4.69, 9.17) is 9.47 Å². The molecule has 5 aromatic carbocycles. The number of hydrogen-bond acceptors (Lipinski definition) is 6. The molecular formula is C44H39N3O5. The predicted molar refractivity (Wildman–Crippen MR) is 202 cm³/mol. The molecule has 8 heteroatoms. The SMILES string of the molecule is COc1cc(/C=C2\C(=O)NC(=O)N(c3cc4c5c(c3)[C@H](c3ccccc3)CCN5CC[C@@H]4c3ccccc3)C2=O)ccc1OCc1ccc(C)cc1. The van der Waals surface area contributed by atoms with E-state index in [2.05, 4.69) is 34.5 Å². The first-order valence-electron chi connectivity index (χ1n) is 17.7. The second kappa shape index (κ2) is 13.9. The van der Waals surface area contributed by atoms with Gasteiger partial charge in [0, 0.05) is 30.6 Å². The molecule has 1 N–H and O–H groups in total. The second-order valence-electron chi connectivity index (χ2n) is 13.6. The molecule has 0 radical (unpaired) electrons. The maximum atomic E-state index is 14.3. The third-order valence-corrected chi connectivity index (χ3v) is 10.4. The van der Waals surface area contributed by atoms with Crippen molar-refractivity contribution in [3.63, 3.8) is 0 Å². The number of urea groups is 1. The Labute approximate surface area is 303 Å². The monoisotopic (exact) mass is 689 g/mol. The lowest BCUT2D eigenvalue weighted by atomic mass is 9.76. The molecule has 0 spiro atoms. The average molecular weight is 690 g/mol. The van der Waals surface area contributed by atoms with E-state index in [9.17, 15) is 14.4 Å². The Morgan fingerprint density at radius 1 is 0.750 bits per heavy atom. The Bertz CT molecular complexity index is 2120. The summed E-state index contributed by atoms with van der Waals surface area (Å²) in [6.45, 7) is 4.23. The summed E-state index contributed by atoms with van der Waals surface area (Å²) in [6.07, 6.45) is 3.31. The van der Waals surface area contributed by atoms with Crippen LogP contribution in [0.25, 0.3) is 6.08 Å². The van der Waals surface area contributed by atoms with Gasteiger partial charge in [0.05, 0.1) is 12.8 Å². The number of rotatable bonds is 8. The minimum Gasteiger partial charge on any atom is -0.493 e. The molecule has 52 heavy (non-hydrogen) atoms. The summed E-state index contributed by atoms with van der Waals surface area (Å²) in [7, 11) is 1.54. The fourth-order valence-corrected chi connectivity index (χ4v) is 7.77. The van der Waals surface area contributed by atoms with Gasteiger partial charge >= 0.3 is 6.03 Å². The third-order valence-electron chi connectivity index (χ3n) is 10.4. The second-order valence-corrected chi connectivity index (χ2v) is 13.6. The summed E-state index contributed by atoms with van der Waals surface area (Å²) in [5, 5.41) is 2.43. The number of methoxy groups -OCH3 is 1. The lowest BCUT2D eigenvalue weighted by molar-refractivity contribution is -0.122. The summed E-state index contributed by atoms with van der Waals surface area (Å²) in [4.78, 5) is 44.8. The molecule has 2 atom stereocenters. The van der Waals surface area contributed by atoms with E-state index in [0.29, 0.717) is 29.4 Å². The summed E-state index contributed by atoms with van der Waals surface area (Å²) in [5.41, 5.74) is 8.75. The van der Waals surface area contributed by atoms with E-state index in [-0.39, 0.29) is 17.4 Å². The van der Waals surface area contributed by atoms with Crippen LogP contribution in [0.15, 0.2) is 121 Å². The number of nitrogens with one attached hydrogen (secondary N) is 1. The number of amides is 4. The summed E-state index contributed by atoms with van der Waals surface area (Å²) < 4.78 is 11.7. The molecule has 5 aromatic rings. The largest absolute Gasteiger partial charge is 0.493 e. The van der Waals surface area contributed by atoms with Gasteiger partial charge in [-0.1, -0.05) is 96.6 Å². The van der Waals surface area contributed by atoms with E-state index >= 15 is 0 Å². The van der Waals surface area contributed by atoms with Crippen LogP contribution in [0.5, 0.6) is 11.5 Å². The van der Waals surface area contributed by atoms with E-state index in [0.717, 1.165) is 47.5 Å². The Hall–Kier alpha value is -6.15. The summed E-state index contributed by atoms with van der Waals surface area (Å²) in [6, 6.07) is 37.3. The zero-order chi connectivity index (χ0) is 35.8. The highest BCUT2D eigenvalue weighted by Crippen LogP contribution is 2.50. The van der Waals surface area contributed by atoms with Crippen LogP contribution in [0.1, 0.15) is 63.6 Å². The number of hydrogen-bond donors (Lipinski definition) is 1. The van der Waals surface area contributed by atoms with Crippen molar-refractivity contribution in [2.75, 3.05) is 30.0 Å². The summed E-state index contributed by atoms with van der Waals surface area (Å²) in [5.74, 6) is -0.288. The minimum absolute atomic E-state index is 0.0828. The van der Waals surface area contributed by atoms with Crippen molar-refractivity contribution in [3.8, 4) is 11.5 Å². The van der Waals surface area contributed by atoms with E-state index in [1.807, 2.05) is 79.7 Å². The van der Waals surface area contributed by atoms with Crippen LogP contribution in [0.3, 0.4) is 0 Å². The molecule has 0 aromatic heterocycles. The van der Waals surface area contributed by atoms with Gasteiger partial charge in [0.25, 0.3) is 11.8 Å². The molecule has 260 valence electrons. The number of carbonyl (C=O) groups excluding carboxylic acids is 3. The standard InChI is InChI=1S/C44H39N3O5/c1-28-13-15-29(16-14-28)27-52-39-18-17-30(24-40(39)51-2)23-38-42(48)45-44(50)47(43(38)49)33-25-36-34(31-9-5-3-6-10-31)19-21-46-22-20-35(37(26-33)41(36)46)32-11-7-4-8-12-32/h3-18,23-26,34-35H,19-22,27H2,1-2H3,(H,45,48,50)/b38-23+/t34-,35+. The van der Waals surface area contributed by atoms with Crippen LogP contribution < -0.4 is 24.6 Å². The van der Waals surface area contributed by atoms with Crippen molar-refractivity contribution >= 4 is 35.3 Å². The third kappa shape index (κ3) is 6.21. The number of benzene rings is 5. The van der Waals surface area contributed by atoms with E-state index in [1.165, 1.54) is 28.5 Å². The minimum atomic E-state index is -0.771. The quantitative estimate of drug-likeness (QED) is 0.131. The first-order chi connectivity index (χ1) is 25.4. The van der Waals surface area contributed by atoms with Gasteiger partial charge in [-0.2, -0.15) is 0 Å². The molecule has 8 rings (SSSR count). The maximum Gasteiger partial charge on any atom is 0.335 e. The molecule has 1 fully saturated rings. The topological polar surface area (TPSA) is 88.2 Å². The zero-order valence-electron chi connectivity index (χ0n) is 29.2. The van der Waals surface area contributed by atoms with Gasteiger partial charge in [-0.15, -0.1) is 0 Å². The van der Waals surface area contributed by atoms with Crippen LogP contribution in [-0.2, 0) is 16.2 Å². The molecule has 0 bridgehead atoms. The van der Waals surface area contributed by atoms with Gasteiger partial charge in [-0.25, -0.2) is 9.69 Å². The number of anilines is 2. The van der Waals surface area contributed by atoms with Crippen LogP contribution in [-0.4, -0.2) is 38.0 Å². The van der Waals surface area contributed by atoms with Crippen molar-refractivity contribution < 1.29 is 23.9 Å². The van der Waals surface area contributed by atoms with Crippen molar-refractivity contribution in [1.82, 2.24) is 5.32 Å². The average Bonchev–Trinajstić information content (AvgIpc) is 3.17. The highest BCUT2D eigenvalue weighted by molar-refractivity contribution is 6.39. The fraction of sp³-hybridized carbons (Fsp3) is 0.205. The fourth-order valence-electron chi connectivity index (χ4n) is 7.77. The Kier molecular flexibility index (Phi) is 8.81. The van der Waals surface area contributed by atoms with Crippen LogP contribution in [0.2, 0.25) is 0 Å². The molecule has 3 aliphatic heterocycles. The lowest BCUT2D eigenvalue weighted by Gasteiger charge is -2.44.